The summed E-state index contributed by atoms with van der Waals surface area (Å²) in [6, 6.07) is 6.51. The molecule has 1 nitrogen and oxygen atoms in total. The van der Waals surface area contributed by atoms with Crippen LogP contribution in [-0.2, 0) is 0 Å². The van der Waals surface area contributed by atoms with E-state index in [9.17, 15) is 0 Å². The van der Waals surface area contributed by atoms with E-state index in [1.54, 1.807) is 0 Å². The molecule has 0 saturated carbocycles. The zero-order valence-electron chi connectivity index (χ0n) is 10.6. The molecule has 0 aromatic heterocycles. The number of benzene rings is 1. The van der Waals surface area contributed by atoms with Gasteiger partial charge in [-0.25, -0.2) is 0 Å². The van der Waals surface area contributed by atoms with Gasteiger partial charge in [0.25, 0.3) is 0 Å². The summed E-state index contributed by atoms with van der Waals surface area (Å²) in [6.07, 6.45) is 2.44. The molecule has 0 N–H and O–H groups in total. The van der Waals surface area contributed by atoms with Crippen LogP contribution in [0.3, 0.4) is 0 Å². The Morgan fingerprint density at radius 3 is 2.65 bits per heavy atom. The van der Waals surface area contributed by atoms with E-state index >= 15 is 0 Å². The highest BCUT2D eigenvalue weighted by Crippen LogP contribution is 2.42. The molecule has 0 amide bonds. The molecule has 0 aliphatic carbocycles. The number of halogens is 2. The third-order valence-electron chi connectivity index (χ3n) is 3.45. The molecule has 1 heterocycles. The summed E-state index contributed by atoms with van der Waals surface area (Å²) >= 11 is 10.0. The predicted molar refractivity (Wildman–Crippen MR) is 77.6 cm³/mol. The van der Waals surface area contributed by atoms with Crippen LogP contribution in [0.5, 0.6) is 0 Å². The molecule has 17 heavy (non-hydrogen) atoms. The average molecular weight is 317 g/mol. The lowest BCUT2D eigenvalue weighted by molar-refractivity contribution is 0.121. The van der Waals surface area contributed by atoms with Crippen molar-refractivity contribution in [3.8, 4) is 0 Å². The van der Waals surface area contributed by atoms with Gasteiger partial charge in [0.15, 0.2) is 0 Å². The van der Waals surface area contributed by atoms with Crippen LogP contribution in [0.1, 0.15) is 45.2 Å². The van der Waals surface area contributed by atoms with E-state index in [1.165, 1.54) is 18.4 Å². The smallest absolute Gasteiger partial charge is 0.0465 e. The Balaban J connectivity index is 2.39. The summed E-state index contributed by atoms with van der Waals surface area (Å²) in [5, 5.41) is 0.875. The molecule has 1 aliphatic heterocycles. The fourth-order valence-electron chi connectivity index (χ4n) is 2.70. The Hall–Kier alpha value is -0.0500. The van der Waals surface area contributed by atoms with E-state index < -0.39 is 0 Å². The van der Waals surface area contributed by atoms with Gasteiger partial charge in [0.05, 0.1) is 0 Å². The van der Waals surface area contributed by atoms with E-state index in [1.807, 2.05) is 12.1 Å². The van der Waals surface area contributed by atoms with Crippen LogP contribution in [0.2, 0.25) is 5.02 Å². The maximum absolute atomic E-state index is 6.37. The first-order chi connectivity index (χ1) is 7.91. The Labute approximate surface area is 117 Å². The summed E-state index contributed by atoms with van der Waals surface area (Å²) in [6.45, 7) is 7.98. The maximum Gasteiger partial charge on any atom is 0.0465 e. The second-order valence-corrected chi connectivity index (χ2v) is 6.92. The Kier molecular flexibility index (Phi) is 3.86. The topological polar surface area (TPSA) is 3.24 Å². The van der Waals surface area contributed by atoms with Crippen molar-refractivity contribution in [3.63, 3.8) is 0 Å². The fourth-order valence-corrected chi connectivity index (χ4v) is 3.74. The molecule has 2 rings (SSSR count). The highest BCUT2D eigenvalue weighted by molar-refractivity contribution is 9.10. The van der Waals surface area contributed by atoms with Crippen molar-refractivity contribution in [2.45, 2.75) is 45.2 Å². The maximum atomic E-state index is 6.37. The molecule has 3 heteroatoms. The standard InChI is InChI=1S/C14H19BrClN/c1-14(2,3)17-9-5-8-12(17)13-10(15)6-4-7-11(13)16/h4,6-7,12H,5,8-9H2,1-3H3/t12-/m1/s1. The van der Waals surface area contributed by atoms with Crippen molar-refractivity contribution >= 4 is 27.5 Å². The molecular formula is C14H19BrClN. The Bertz CT molecular complexity index is 391. The van der Waals surface area contributed by atoms with Crippen LogP contribution >= 0.6 is 27.5 Å². The molecule has 1 saturated heterocycles. The van der Waals surface area contributed by atoms with Crippen molar-refractivity contribution in [2.24, 2.45) is 0 Å². The second kappa shape index (κ2) is 4.91. The number of hydrogen-bond acceptors (Lipinski definition) is 1. The van der Waals surface area contributed by atoms with Gasteiger partial charge in [-0.3, -0.25) is 4.90 Å². The number of likely N-dealkylation sites (tertiary alicyclic amines) is 1. The van der Waals surface area contributed by atoms with Gasteiger partial charge in [0.1, 0.15) is 0 Å². The minimum absolute atomic E-state index is 0.194. The van der Waals surface area contributed by atoms with Crippen molar-refractivity contribution in [3.05, 3.63) is 33.3 Å². The van der Waals surface area contributed by atoms with Gasteiger partial charge < -0.3 is 0 Å². The summed E-state index contributed by atoms with van der Waals surface area (Å²) in [4.78, 5) is 2.55. The van der Waals surface area contributed by atoms with Crippen LogP contribution in [-0.4, -0.2) is 17.0 Å². The molecule has 1 atom stereocenters. The van der Waals surface area contributed by atoms with Crippen LogP contribution in [0.15, 0.2) is 22.7 Å². The number of hydrogen-bond donors (Lipinski definition) is 0. The van der Waals surface area contributed by atoms with E-state index in [4.69, 9.17) is 11.6 Å². The van der Waals surface area contributed by atoms with Gasteiger partial charge >= 0.3 is 0 Å². The molecule has 0 unspecified atom stereocenters. The summed E-state index contributed by atoms with van der Waals surface area (Å²) < 4.78 is 1.13. The molecule has 1 aromatic carbocycles. The molecule has 1 aromatic rings. The summed E-state index contributed by atoms with van der Waals surface area (Å²) in [5.74, 6) is 0. The van der Waals surface area contributed by atoms with Gasteiger partial charge in [0.2, 0.25) is 0 Å². The Morgan fingerprint density at radius 1 is 1.35 bits per heavy atom. The van der Waals surface area contributed by atoms with Crippen molar-refractivity contribution < 1.29 is 0 Å². The van der Waals surface area contributed by atoms with Crippen LogP contribution in [0.25, 0.3) is 0 Å². The first kappa shape index (κ1) is 13.4. The SMILES string of the molecule is CC(C)(C)N1CCC[C@@H]1c1c(Cl)cccc1Br. The molecule has 0 bridgehead atoms. The average Bonchev–Trinajstić information content (AvgIpc) is 2.65. The van der Waals surface area contributed by atoms with Gasteiger partial charge in [-0.05, 0) is 52.3 Å². The predicted octanol–water partition coefficient (Wildman–Crippen LogP) is 5.04. The zero-order chi connectivity index (χ0) is 12.6. The first-order valence-corrected chi connectivity index (χ1v) is 7.29. The monoisotopic (exact) mass is 315 g/mol. The van der Waals surface area contributed by atoms with Crippen molar-refractivity contribution in [1.82, 2.24) is 4.90 Å². The first-order valence-electron chi connectivity index (χ1n) is 6.12. The van der Waals surface area contributed by atoms with Crippen molar-refractivity contribution in [2.75, 3.05) is 6.54 Å². The highest BCUT2D eigenvalue weighted by atomic mass is 79.9. The Morgan fingerprint density at radius 2 is 2.06 bits per heavy atom. The third kappa shape index (κ3) is 2.69. The molecule has 1 fully saturated rings. The van der Waals surface area contributed by atoms with Crippen LogP contribution < -0.4 is 0 Å². The van der Waals surface area contributed by atoms with Gasteiger partial charge in [-0.2, -0.15) is 0 Å². The lowest BCUT2D eigenvalue weighted by Crippen LogP contribution is -2.40. The van der Waals surface area contributed by atoms with Gasteiger partial charge in [-0.1, -0.05) is 33.6 Å². The normalized spacial score (nSPS) is 22.1. The number of nitrogens with zero attached hydrogens (tertiary/aromatic N) is 1. The summed E-state index contributed by atoms with van der Waals surface area (Å²) in [5.41, 5.74) is 1.45. The number of rotatable bonds is 1. The highest BCUT2D eigenvalue weighted by Gasteiger charge is 2.35. The molecule has 0 spiro atoms. The molecule has 1 aliphatic rings. The largest absolute Gasteiger partial charge is 0.291 e. The minimum atomic E-state index is 0.194. The van der Waals surface area contributed by atoms with Crippen LogP contribution in [0, 0.1) is 0 Å². The fraction of sp³-hybridized carbons (Fsp3) is 0.571. The molecule has 0 radical (unpaired) electrons. The second-order valence-electron chi connectivity index (χ2n) is 5.66. The van der Waals surface area contributed by atoms with Crippen molar-refractivity contribution in [1.29, 1.82) is 0 Å². The van der Waals surface area contributed by atoms with E-state index in [2.05, 4.69) is 47.7 Å². The van der Waals surface area contributed by atoms with E-state index in [0.717, 1.165) is 16.0 Å². The quantitative estimate of drug-likeness (QED) is 0.701. The van der Waals surface area contributed by atoms with Gasteiger partial charge in [0, 0.05) is 26.6 Å². The van der Waals surface area contributed by atoms with E-state index in [0.29, 0.717) is 6.04 Å². The molecular weight excluding hydrogens is 298 g/mol. The third-order valence-corrected chi connectivity index (χ3v) is 4.47. The molecule has 94 valence electrons. The lowest BCUT2D eigenvalue weighted by Gasteiger charge is -2.37. The summed E-state index contributed by atoms with van der Waals surface area (Å²) in [7, 11) is 0. The lowest BCUT2D eigenvalue weighted by atomic mass is 9.99. The van der Waals surface area contributed by atoms with Gasteiger partial charge in [-0.15, -0.1) is 0 Å². The minimum Gasteiger partial charge on any atom is -0.291 e. The van der Waals surface area contributed by atoms with Crippen LogP contribution in [0.4, 0.5) is 0 Å². The zero-order valence-corrected chi connectivity index (χ0v) is 13.0. The van der Waals surface area contributed by atoms with E-state index in [-0.39, 0.29) is 5.54 Å².